The molecular weight excluding hydrogens is 522 g/mol. The first-order chi connectivity index (χ1) is 17.5. The van der Waals surface area contributed by atoms with Gasteiger partial charge in [0.15, 0.2) is 16.9 Å². The minimum Gasteiger partial charge on any atom is -0.493 e. The number of fused-ring (bicyclic) bond motifs is 2. The van der Waals surface area contributed by atoms with Crippen LogP contribution in [-0.4, -0.2) is 24.5 Å². The average molecular weight is 548 g/mol. The zero-order chi connectivity index (χ0) is 25.2. The quantitative estimate of drug-likeness (QED) is 0.236. The van der Waals surface area contributed by atoms with Crippen LogP contribution in [0.15, 0.2) is 80.4 Å². The van der Waals surface area contributed by atoms with Crippen LogP contribution in [0.3, 0.4) is 0 Å². The summed E-state index contributed by atoms with van der Waals surface area (Å²) in [6, 6.07) is 19.9. The number of carbonyl (C=O) groups is 1. The number of rotatable bonds is 8. The van der Waals surface area contributed by atoms with Gasteiger partial charge in [0.25, 0.3) is 5.91 Å². The number of halogens is 1. The predicted octanol–water partition coefficient (Wildman–Crippen LogP) is 6.49. The molecule has 3 aromatic carbocycles. The van der Waals surface area contributed by atoms with Crippen LogP contribution in [0.5, 0.6) is 11.5 Å². The maximum Gasteiger partial charge on any atom is 0.291 e. The number of amides is 1. The number of methoxy groups -OCH3 is 1. The molecule has 5 rings (SSSR count). The maximum atomic E-state index is 13.8. The summed E-state index contributed by atoms with van der Waals surface area (Å²) >= 11 is 3.44. The molecule has 0 saturated heterocycles. The van der Waals surface area contributed by atoms with Crippen LogP contribution < -0.4 is 14.9 Å². The highest BCUT2D eigenvalue weighted by Gasteiger charge is 2.43. The van der Waals surface area contributed by atoms with Crippen molar-refractivity contribution in [1.29, 1.82) is 0 Å². The van der Waals surface area contributed by atoms with E-state index in [1.807, 2.05) is 48.5 Å². The van der Waals surface area contributed by atoms with Crippen LogP contribution in [0.25, 0.3) is 11.0 Å². The van der Waals surface area contributed by atoms with Gasteiger partial charge in [-0.3, -0.25) is 9.59 Å². The van der Waals surface area contributed by atoms with Crippen molar-refractivity contribution in [2.45, 2.75) is 32.4 Å². The van der Waals surface area contributed by atoms with Gasteiger partial charge in [0.05, 0.1) is 30.7 Å². The minimum atomic E-state index is -0.633. The Morgan fingerprint density at radius 2 is 1.81 bits per heavy atom. The van der Waals surface area contributed by atoms with Gasteiger partial charge in [0.2, 0.25) is 5.76 Å². The number of hydrogen-bond donors (Lipinski definition) is 0. The third-order valence-electron chi connectivity index (χ3n) is 6.38. The van der Waals surface area contributed by atoms with Gasteiger partial charge in [-0.15, -0.1) is 0 Å². The second-order valence-corrected chi connectivity index (χ2v) is 9.66. The van der Waals surface area contributed by atoms with Gasteiger partial charge in [-0.2, -0.15) is 0 Å². The first-order valence-corrected chi connectivity index (χ1v) is 12.7. The summed E-state index contributed by atoms with van der Waals surface area (Å²) in [6.45, 7) is 3.01. The molecule has 36 heavy (non-hydrogen) atoms. The number of hydrogen-bond acceptors (Lipinski definition) is 5. The minimum absolute atomic E-state index is 0.0815. The lowest BCUT2D eigenvalue weighted by molar-refractivity contribution is 0.0714. The van der Waals surface area contributed by atoms with E-state index in [1.54, 1.807) is 30.2 Å². The fraction of sp³-hybridized carbons (Fsp3) is 0.241. The highest BCUT2D eigenvalue weighted by atomic mass is 79.9. The molecule has 0 fully saturated rings. The Labute approximate surface area is 217 Å². The number of nitrogens with zero attached hydrogens (tertiary/aromatic N) is 1. The third-order valence-corrected chi connectivity index (χ3v) is 6.88. The normalized spacial score (nSPS) is 14.8. The molecule has 0 bridgehead atoms. The SMILES string of the molecule is CCCCOc1ccc(C2c3c(oc4ccc(Br)cc4c3=O)C(=O)N2Cc2ccccc2)cc1OC. The van der Waals surface area contributed by atoms with Gasteiger partial charge in [-0.05, 0) is 47.9 Å². The van der Waals surface area contributed by atoms with E-state index in [0.29, 0.717) is 41.2 Å². The predicted molar refractivity (Wildman–Crippen MR) is 142 cm³/mol. The van der Waals surface area contributed by atoms with E-state index < -0.39 is 6.04 Å². The van der Waals surface area contributed by atoms with Gasteiger partial charge in [0.1, 0.15) is 5.58 Å². The number of ether oxygens (including phenoxy) is 2. The summed E-state index contributed by atoms with van der Waals surface area (Å²) in [4.78, 5) is 29.1. The molecular formula is C29H26BrNO5. The lowest BCUT2D eigenvalue weighted by Crippen LogP contribution is -2.29. The van der Waals surface area contributed by atoms with Crippen LogP contribution in [-0.2, 0) is 6.54 Å². The van der Waals surface area contributed by atoms with Crippen molar-refractivity contribution in [2.24, 2.45) is 0 Å². The number of unbranched alkanes of at least 4 members (excludes halogenated alkanes) is 1. The Kier molecular flexibility index (Phi) is 6.83. The van der Waals surface area contributed by atoms with E-state index >= 15 is 0 Å². The fourth-order valence-corrected chi connectivity index (χ4v) is 4.94. The molecule has 2 heterocycles. The largest absolute Gasteiger partial charge is 0.493 e. The second kappa shape index (κ2) is 10.2. The Bertz CT molecular complexity index is 1480. The maximum absolute atomic E-state index is 13.8. The van der Waals surface area contributed by atoms with Crippen molar-refractivity contribution in [1.82, 2.24) is 4.90 Å². The number of benzene rings is 3. The van der Waals surface area contributed by atoms with Gasteiger partial charge < -0.3 is 18.8 Å². The highest BCUT2D eigenvalue weighted by Crippen LogP contribution is 2.42. The molecule has 1 unspecified atom stereocenters. The zero-order valence-corrected chi connectivity index (χ0v) is 21.7. The van der Waals surface area contributed by atoms with E-state index in [9.17, 15) is 9.59 Å². The number of carbonyl (C=O) groups excluding carboxylic acids is 1. The fourth-order valence-electron chi connectivity index (χ4n) is 4.58. The molecule has 4 aromatic rings. The van der Waals surface area contributed by atoms with Gasteiger partial charge in [-0.1, -0.05) is 65.7 Å². The van der Waals surface area contributed by atoms with Crippen molar-refractivity contribution < 1.29 is 18.7 Å². The lowest BCUT2D eigenvalue weighted by atomic mass is 9.97. The van der Waals surface area contributed by atoms with E-state index in [-0.39, 0.29) is 17.1 Å². The van der Waals surface area contributed by atoms with Crippen molar-refractivity contribution >= 4 is 32.8 Å². The van der Waals surface area contributed by atoms with E-state index in [0.717, 1.165) is 28.4 Å². The van der Waals surface area contributed by atoms with Crippen LogP contribution in [0.2, 0.25) is 0 Å². The molecule has 0 saturated carbocycles. The molecule has 1 aliphatic heterocycles. The molecule has 1 atom stereocenters. The molecule has 184 valence electrons. The van der Waals surface area contributed by atoms with Crippen LogP contribution in [0, 0.1) is 0 Å². The molecule has 6 nitrogen and oxygen atoms in total. The Hall–Kier alpha value is -3.58. The summed E-state index contributed by atoms with van der Waals surface area (Å²) < 4.78 is 18.3. The molecule has 0 radical (unpaired) electrons. The first-order valence-electron chi connectivity index (χ1n) is 11.9. The standard InChI is InChI=1S/C29H26BrNO5/c1-3-4-14-35-23-12-10-19(15-24(23)34-2)26-25-27(32)21-16-20(30)11-13-22(21)36-28(25)29(33)31(26)17-18-8-6-5-7-9-18/h5-13,15-16,26H,3-4,14,17H2,1-2H3. The van der Waals surface area contributed by atoms with Crippen molar-refractivity contribution in [3.8, 4) is 11.5 Å². The summed E-state index contributed by atoms with van der Waals surface area (Å²) in [5.41, 5.74) is 2.20. The van der Waals surface area contributed by atoms with Gasteiger partial charge in [0, 0.05) is 11.0 Å². The molecule has 1 amide bonds. The smallest absolute Gasteiger partial charge is 0.291 e. The highest BCUT2D eigenvalue weighted by molar-refractivity contribution is 9.10. The molecule has 0 aliphatic carbocycles. The summed E-state index contributed by atoms with van der Waals surface area (Å²) in [6.07, 6.45) is 1.96. The summed E-state index contributed by atoms with van der Waals surface area (Å²) in [5.74, 6) is 0.946. The molecule has 0 spiro atoms. The van der Waals surface area contributed by atoms with E-state index in [2.05, 4.69) is 22.9 Å². The van der Waals surface area contributed by atoms with Crippen LogP contribution >= 0.6 is 15.9 Å². The van der Waals surface area contributed by atoms with E-state index in [4.69, 9.17) is 13.9 Å². The first kappa shape index (κ1) is 24.1. The average Bonchev–Trinajstić information content (AvgIpc) is 3.17. The van der Waals surface area contributed by atoms with Crippen LogP contribution in [0.4, 0.5) is 0 Å². The molecule has 0 N–H and O–H groups in total. The van der Waals surface area contributed by atoms with E-state index in [1.165, 1.54) is 0 Å². The zero-order valence-electron chi connectivity index (χ0n) is 20.1. The Balaban J connectivity index is 1.66. The van der Waals surface area contributed by atoms with Crippen molar-refractivity contribution in [3.63, 3.8) is 0 Å². The van der Waals surface area contributed by atoms with Gasteiger partial charge >= 0.3 is 0 Å². The summed E-state index contributed by atoms with van der Waals surface area (Å²) in [7, 11) is 1.58. The monoisotopic (exact) mass is 547 g/mol. The van der Waals surface area contributed by atoms with Crippen molar-refractivity contribution in [2.75, 3.05) is 13.7 Å². The molecule has 7 heteroatoms. The van der Waals surface area contributed by atoms with Crippen molar-refractivity contribution in [3.05, 3.63) is 104 Å². The van der Waals surface area contributed by atoms with Crippen LogP contribution in [0.1, 0.15) is 53.1 Å². The molecule has 1 aromatic heterocycles. The lowest BCUT2D eigenvalue weighted by Gasteiger charge is -2.26. The molecule has 1 aliphatic rings. The Morgan fingerprint density at radius 1 is 1.00 bits per heavy atom. The third kappa shape index (κ3) is 4.39. The Morgan fingerprint density at radius 3 is 2.56 bits per heavy atom. The second-order valence-electron chi connectivity index (χ2n) is 8.75. The topological polar surface area (TPSA) is 69.0 Å². The van der Waals surface area contributed by atoms with Gasteiger partial charge in [-0.25, -0.2) is 0 Å². The summed E-state index contributed by atoms with van der Waals surface area (Å²) in [5, 5.41) is 0.425.